The highest BCUT2D eigenvalue weighted by molar-refractivity contribution is 7.89. The fraction of sp³-hybridized carbons (Fsp3) is 1.00. The van der Waals surface area contributed by atoms with Crippen LogP contribution in [0.25, 0.3) is 0 Å². The molecule has 5 nitrogen and oxygen atoms in total. The minimum atomic E-state index is -3.09. The molecule has 0 aromatic carbocycles. The number of sulfonamides is 1. The zero-order valence-corrected chi connectivity index (χ0v) is 13.5. The second-order valence-electron chi connectivity index (χ2n) is 5.87. The lowest BCUT2D eigenvalue weighted by atomic mass is 10.0. The van der Waals surface area contributed by atoms with Crippen molar-refractivity contribution in [3.05, 3.63) is 0 Å². The van der Waals surface area contributed by atoms with Crippen LogP contribution in [0.15, 0.2) is 0 Å². The van der Waals surface area contributed by atoms with Gasteiger partial charge in [-0.1, -0.05) is 13.8 Å². The molecule has 1 fully saturated rings. The van der Waals surface area contributed by atoms with E-state index >= 15 is 0 Å². The van der Waals surface area contributed by atoms with Gasteiger partial charge in [-0.3, -0.25) is 4.90 Å². The van der Waals surface area contributed by atoms with Crippen LogP contribution in [0, 0.1) is 5.92 Å². The molecule has 114 valence electrons. The van der Waals surface area contributed by atoms with Gasteiger partial charge in [0, 0.05) is 38.8 Å². The van der Waals surface area contributed by atoms with Crippen LogP contribution in [0.5, 0.6) is 0 Å². The van der Waals surface area contributed by atoms with E-state index in [-0.39, 0.29) is 5.75 Å². The molecule has 1 heterocycles. The maximum atomic E-state index is 11.6. The Morgan fingerprint density at radius 2 is 1.74 bits per heavy atom. The van der Waals surface area contributed by atoms with Crippen molar-refractivity contribution in [2.75, 3.05) is 45.5 Å². The first-order valence-corrected chi connectivity index (χ1v) is 8.89. The summed E-state index contributed by atoms with van der Waals surface area (Å²) in [5.74, 6) is 0.736. The predicted molar refractivity (Wildman–Crippen MR) is 79.8 cm³/mol. The molecule has 0 radical (unpaired) electrons. The SMILES string of the molecule is CCS(=O)(=O)NCC(CC(C)C)N1CCN(C)CC1. The van der Waals surface area contributed by atoms with Crippen molar-refractivity contribution in [1.29, 1.82) is 0 Å². The van der Waals surface area contributed by atoms with Crippen molar-refractivity contribution >= 4 is 10.0 Å². The summed E-state index contributed by atoms with van der Waals surface area (Å²) in [7, 11) is -0.953. The van der Waals surface area contributed by atoms with Crippen molar-refractivity contribution < 1.29 is 8.42 Å². The first-order chi connectivity index (χ1) is 8.84. The zero-order chi connectivity index (χ0) is 14.5. The predicted octanol–water partition coefficient (Wildman–Crippen LogP) is 0.588. The van der Waals surface area contributed by atoms with Crippen LogP contribution in [0.1, 0.15) is 27.2 Å². The van der Waals surface area contributed by atoms with Crippen LogP contribution in [-0.4, -0.2) is 69.8 Å². The Bertz CT molecular complexity index is 349. The summed E-state index contributed by atoms with van der Waals surface area (Å²) in [4.78, 5) is 4.75. The molecule has 0 aliphatic carbocycles. The van der Waals surface area contributed by atoms with E-state index < -0.39 is 10.0 Å². The van der Waals surface area contributed by atoms with Crippen molar-refractivity contribution in [2.45, 2.75) is 33.2 Å². The quantitative estimate of drug-likeness (QED) is 0.746. The molecule has 0 saturated carbocycles. The monoisotopic (exact) mass is 291 g/mol. The normalized spacial score (nSPS) is 20.9. The van der Waals surface area contributed by atoms with Gasteiger partial charge < -0.3 is 4.90 Å². The number of nitrogens with one attached hydrogen (secondary N) is 1. The van der Waals surface area contributed by atoms with Crippen LogP contribution >= 0.6 is 0 Å². The minimum absolute atomic E-state index is 0.157. The van der Waals surface area contributed by atoms with Gasteiger partial charge in [-0.05, 0) is 26.3 Å². The van der Waals surface area contributed by atoms with E-state index in [0.717, 1.165) is 32.6 Å². The maximum Gasteiger partial charge on any atom is 0.211 e. The van der Waals surface area contributed by atoms with Gasteiger partial charge in [-0.2, -0.15) is 0 Å². The minimum Gasteiger partial charge on any atom is -0.304 e. The molecule has 0 bridgehead atoms. The van der Waals surface area contributed by atoms with Crippen molar-refractivity contribution in [3.8, 4) is 0 Å². The Morgan fingerprint density at radius 1 is 1.16 bits per heavy atom. The molecular weight excluding hydrogens is 262 g/mol. The van der Waals surface area contributed by atoms with Crippen LogP contribution < -0.4 is 4.72 Å². The third-order valence-corrected chi connectivity index (χ3v) is 5.08. The van der Waals surface area contributed by atoms with Gasteiger partial charge in [0.15, 0.2) is 0 Å². The third kappa shape index (κ3) is 6.21. The van der Waals surface area contributed by atoms with Gasteiger partial charge in [0.05, 0.1) is 5.75 Å². The fourth-order valence-corrected chi connectivity index (χ4v) is 3.07. The summed E-state index contributed by atoms with van der Waals surface area (Å²) in [6, 6.07) is 0.315. The van der Waals surface area contributed by atoms with E-state index in [4.69, 9.17) is 0 Å². The molecule has 1 atom stereocenters. The van der Waals surface area contributed by atoms with Crippen molar-refractivity contribution in [2.24, 2.45) is 5.92 Å². The van der Waals surface area contributed by atoms with Crippen molar-refractivity contribution in [3.63, 3.8) is 0 Å². The summed E-state index contributed by atoms with van der Waals surface area (Å²) in [6.07, 6.45) is 1.04. The Kier molecular flexibility index (Phi) is 6.73. The van der Waals surface area contributed by atoms with E-state index in [1.807, 2.05) is 0 Å². The van der Waals surface area contributed by atoms with E-state index in [9.17, 15) is 8.42 Å². The molecular formula is C13H29N3O2S. The molecule has 0 spiro atoms. The number of piperazine rings is 1. The average molecular weight is 291 g/mol. The summed E-state index contributed by atoms with van der Waals surface area (Å²) in [5, 5.41) is 0. The fourth-order valence-electron chi connectivity index (χ4n) is 2.42. The van der Waals surface area contributed by atoms with Gasteiger partial charge in [0.25, 0.3) is 0 Å². The second-order valence-corrected chi connectivity index (χ2v) is 7.97. The second kappa shape index (κ2) is 7.57. The molecule has 1 aliphatic rings. The average Bonchev–Trinajstić information content (AvgIpc) is 2.35. The number of nitrogens with zero attached hydrogens (tertiary/aromatic N) is 2. The van der Waals surface area contributed by atoms with Crippen LogP contribution in [0.2, 0.25) is 0 Å². The van der Waals surface area contributed by atoms with Gasteiger partial charge in [0.1, 0.15) is 0 Å². The number of hydrogen-bond acceptors (Lipinski definition) is 4. The molecule has 0 amide bonds. The van der Waals surface area contributed by atoms with E-state index in [1.54, 1.807) is 6.92 Å². The van der Waals surface area contributed by atoms with Gasteiger partial charge in [-0.15, -0.1) is 0 Å². The lowest BCUT2D eigenvalue weighted by Crippen LogP contribution is -2.52. The Labute approximate surface area is 118 Å². The van der Waals surface area contributed by atoms with E-state index in [2.05, 4.69) is 35.4 Å². The largest absolute Gasteiger partial charge is 0.304 e. The zero-order valence-electron chi connectivity index (χ0n) is 12.7. The van der Waals surface area contributed by atoms with E-state index in [0.29, 0.717) is 18.5 Å². The Balaban J connectivity index is 2.56. The van der Waals surface area contributed by atoms with Gasteiger partial charge in [0.2, 0.25) is 10.0 Å². The Hall–Kier alpha value is -0.170. The number of rotatable bonds is 7. The molecule has 0 aromatic heterocycles. The molecule has 6 heteroatoms. The molecule has 0 aromatic rings. The lowest BCUT2D eigenvalue weighted by molar-refractivity contribution is 0.102. The Morgan fingerprint density at radius 3 is 2.21 bits per heavy atom. The first kappa shape index (κ1) is 16.9. The third-order valence-electron chi connectivity index (χ3n) is 3.72. The highest BCUT2D eigenvalue weighted by atomic mass is 32.2. The van der Waals surface area contributed by atoms with Crippen LogP contribution in [-0.2, 0) is 10.0 Å². The summed E-state index contributed by atoms with van der Waals surface area (Å²) in [5.41, 5.74) is 0. The summed E-state index contributed by atoms with van der Waals surface area (Å²) < 4.78 is 25.9. The first-order valence-electron chi connectivity index (χ1n) is 7.24. The van der Waals surface area contributed by atoms with Crippen LogP contribution in [0.4, 0.5) is 0 Å². The topological polar surface area (TPSA) is 52.7 Å². The maximum absolute atomic E-state index is 11.6. The van der Waals surface area contributed by atoms with E-state index in [1.165, 1.54) is 0 Å². The molecule has 1 aliphatic heterocycles. The summed E-state index contributed by atoms with van der Waals surface area (Å²) in [6.45, 7) is 10.8. The molecule has 1 rings (SSSR count). The van der Waals surface area contributed by atoms with Gasteiger partial charge >= 0.3 is 0 Å². The molecule has 1 saturated heterocycles. The lowest BCUT2D eigenvalue weighted by Gasteiger charge is -2.38. The highest BCUT2D eigenvalue weighted by Gasteiger charge is 2.24. The van der Waals surface area contributed by atoms with Gasteiger partial charge in [-0.25, -0.2) is 13.1 Å². The standard InChI is InChI=1S/C13H29N3O2S/c1-5-19(17,18)14-11-13(10-12(2)3)16-8-6-15(4)7-9-16/h12-14H,5-11H2,1-4H3. The number of likely N-dealkylation sites (N-methyl/N-ethyl adjacent to an activating group) is 1. The number of hydrogen-bond donors (Lipinski definition) is 1. The molecule has 1 N–H and O–H groups in total. The van der Waals surface area contributed by atoms with Crippen molar-refractivity contribution in [1.82, 2.24) is 14.5 Å². The van der Waals surface area contributed by atoms with Crippen LogP contribution in [0.3, 0.4) is 0 Å². The smallest absolute Gasteiger partial charge is 0.211 e. The molecule has 1 unspecified atom stereocenters. The molecule has 19 heavy (non-hydrogen) atoms. The highest BCUT2D eigenvalue weighted by Crippen LogP contribution is 2.13. The summed E-state index contributed by atoms with van der Waals surface area (Å²) >= 11 is 0.